The number of aliphatic hydroxyl groups excluding tert-OH is 1. The molecule has 3 fully saturated rings. The molecule has 0 aromatic rings. The van der Waals surface area contributed by atoms with Crippen LogP contribution >= 0.6 is 0 Å². The molecule has 3 aliphatic rings. The Hall–Kier alpha value is -0.610. The zero-order valence-electron chi connectivity index (χ0n) is 10.9. The van der Waals surface area contributed by atoms with Crippen molar-refractivity contribution in [1.82, 2.24) is 4.90 Å². The quantitative estimate of drug-likeness (QED) is 0.817. The highest BCUT2D eigenvalue weighted by molar-refractivity contribution is 5.77. The topological polar surface area (TPSA) is 49.8 Å². The molecule has 2 aliphatic carbocycles. The van der Waals surface area contributed by atoms with Gasteiger partial charge < -0.3 is 14.7 Å². The van der Waals surface area contributed by atoms with Crippen molar-refractivity contribution in [2.24, 2.45) is 17.8 Å². The SMILES string of the molecule is O=C(C[C@@H]1C[C@H]2CC[C@H]1C2)N1CCOC[C@H]1CO. The summed E-state index contributed by atoms with van der Waals surface area (Å²) in [5.74, 6) is 2.53. The van der Waals surface area contributed by atoms with Crippen LogP contribution in [0.1, 0.15) is 32.1 Å². The van der Waals surface area contributed by atoms with Gasteiger partial charge in [0.2, 0.25) is 5.91 Å². The van der Waals surface area contributed by atoms with E-state index in [9.17, 15) is 9.90 Å². The molecular formula is C14H23NO3. The van der Waals surface area contributed by atoms with E-state index in [4.69, 9.17) is 4.74 Å². The highest BCUT2D eigenvalue weighted by Crippen LogP contribution is 2.49. The number of aliphatic hydroxyl groups is 1. The molecule has 1 heterocycles. The number of carbonyl (C=O) groups excluding carboxylic acids is 1. The number of fused-ring (bicyclic) bond motifs is 2. The molecule has 4 nitrogen and oxygen atoms in total. The van der Waals surface area contributed by atoms with Gasteiger partial charge in [0.25, 0.3) is 0 Å². The van der Waals surface area contributed by atoms with Gasteiger partial charge >= 0.3 is 0 Å². The van der Waals surface area contributed by atoms with E-state index in [2.05, 4.69) is 0 Å². The van der Waals surface area contributed by atoms with E-state index in [1.807, 2.05) is 4.90 Å². The summed E-state index contributed by atoms with van der Waals surface area (Å²) in [6.07, 6.45) is 6.01. The van der Waals surface area contributed by atoms with Crippen molar-refractivity contribution in [2.75, 3.05) is 26.4 Å². The van der Waals surface area contributed by atoms with Crippen molar-refractivity contribution in [3.63, 3.8) is 0 Å². The first-order valence-electron chi connectivity index (χ1n) is 7.26. The second-order valence-electron chi connectivity index (χ2n) is 6.14. The molecule has 0 unspecified atom stereocenters. The zero-order chi connectivity index (χ0) is 12.5. The first kappa shape index (κ1) is 12.4. The van der Waals surface area contributed by atoms with Gasteiger partial charge in [0.15, 0.2) is 0 Å². The Balaban J connectivity index is 1.57. The second-order valence-corrected chi connectivity index (χ2v) is 6.14. The molecule has 0 aromatic carbocycles. The average Bonchev–Trinajstić information content (AvgIpc) is 3.01. The van der Waals surface area contributed by atoms with Gasteiger partial charge in [0.05, 0.1) is 25.9 Å². The van der Waals surface area contributed by atoms with Crippen molar-refractivity contribution in [3.05, 3.63) is 0 Å². The number of carbonyl (C=O) groups is 1. The molecule has 0 aromatic heterocycles. The third-order valence-electron chi connectivity index (χ3n) is 5.08. The summed E-state index contributed by atoms with van der Waals surface area (Å²) in [4.78, 5) is 14.2. The fourth-order valence-electron chi connectivity index (χ4n) is 4.10. The number of hydrogen-bond acceptors (Lipinski definition) is 3. The highest BCUT2D eigenvalue weighted by Gasteiger charge is 2.41. The maximum absolute atomic E-state index is 12.4. The van der Waals surface area contributed by atoms with E-state index in [0.717, 1.165) is 11.8 Å². The Bertz CT molecular complexity index is 320. The maximum Gasteiger partial charge on any atom is 0.223 e. The molecule has 2 bridgehead atoms. The van der Waals surface area contributed by atoms with Gasteiger partial charge in [0, 0.05) is 13.0 Å². The summed E-state index contributed by atoms with van der Waals surface area (Å²) < 4.78 is 5.32. The summed E-state index contributed by atoms with van der Waals surface area (Å²) in [6, 6.07) is -0.121. The van der Waals surface area contributed by atoms with Gasteiger partial charge in [-0.2, -0.15) is 0 Å². The lowest BCUT2D eigenvalue weighted by Crippen LogP contribution is -2.50. The minimum Gasteiger partial charge on any atom is -0.394 e. The number of morpholine rings is 1. The van der Waals surface area contributed by atoms with Gasteiger partial charge in [-0.15, -0.1) is 0 Å². The molecule has 18 heavy (non-hydrogen) atoms. The Morgan fingerprint density at radius 3 is 2.89 bits per heavy atom. The van der Waals surface area contributed by atoms with Crippen molar-refractivity contribution in [2.45, 2.75) is 38.1 Å². The molecule has 102 valence electrons. The summed E-state index contributed by atoms with van der Waals surface area (Å²) in [5, 5.41) is 9.30. The predicted molar refractivity (Wildman–Crippen MR) is 67.0 cm³/mol. The summed E-state index contributed by atoms with van der Waals surface area (Å²) in [7, 11) is 0. The van der Waals surface area contributed by atoms with Crippen molar-refractivity contribution in [3.8, 4) is 0 Å². The lowest BCUT2D eigenvalue weighted by Gasteiger charge is -2.35. The molecule has 1 saturated heterocycles. The average molecular weight is 253 g/mol. The zero-order valence-corrected chi connectivity index (χ0v) is 10.9. The fourth-order valence-corrected chi connectivity index (χ4v) is 4.10. The smallest absolute Gasteiger partial charge is 0.223 e. The molecule has 0 radical (unpaired) electrons. The van der Waals surface area contributed by atoms with E-state index in [1.54, 1.807) is 0 Å². The first-order valence-corrected chi connectivity index (χ1v) is 7.26. The van der Waals surface area contributed by atoms with Crippen molar-refractivity contribution < 1.29 is 14.6 Å². The molecule has 1 aliphatic heterocycles. The molecule has 4 heteroatoms. The summed E-state index contributed by atoms with van der Waals surface area (Å²) >= 11 is 0. The van der Waals surface area contributed by atoms with Crippen LogP contribution in [0.2, 0.25) is 0 Å². The minimum atomic E-state index is -0.121. The lowest BCUT2D eigenvalue weighted by molar-refractivity contribution is -0.143. The van der Waals surface area contributed by atoms with Gasteiger partial charge in [-0.25, -0.2) is 0 Å². The molecule has 1 amide bonds. The fraction of sp³-hybridized carbons (Fsp3) is 0.929. The van der Waals surface area contributed by atoms with Crippen LogP contribution in [0, 0.1) is 17.8 Å². The van der Waals surface area contributed by atoms with Crippen LogP contribution in [0.5, 0.6) is 0 Å². The van der Waals surface area contributed by atoms with E-state index < -0.39 is 0 Å². The van der Waals surface area contributed by atoms with E-state index in [1.165, 1.54) is 25.7 Å². The second kappa shape index (κ2) is 5.17. The van der Waals surface area contributed by atoms with Crippen LogP contribution in [-0.2, 0) is 9.53 Å². The molecule has 0 spiro atoms. The van der Waals surface area contributed by atoms with Crippen molar-refractivity contribution in [1.29, 1.82) is 0 Å². The number of hydrogen-bond donors (Lipinski definition) is 1. The Morgan fingerprint density at radius 2 is 2.22 bits per heavy atom. The number of rotatable bonds is 3. The first-order chi connectivity index (χ1) is 8.78. The monoisotopic (exact) mass is 253 g/mol. The summed E-state index contributed by atoms with van der Waals surface area (Å²) in [6.45, 7) is 1.76. The highest BCUT2D eigenvalue weighted by atomic mass is 16.5. The maximum atomic E-state index is 12.4. The number of ether oxygens (including phenoxy) is 1. The van der Waals surface area contributed by atoms with E-state index in [-0.39, 0.29) is 18.6 Å². The molecular weight excluding hydrogens is 230 g/mol. The Labute approximate surface area is 108 Å². The van der Waals surface area contributed by atoms with Crippen LogP contribution in [0.4, 0.5) is 0 Å². The number of nitrogens with zero attached hydrogens (tertiary/aromatic N) is 1. The predicted octanol–water partition coefficient (Wildman–Crippen LogP) is 1.03. The van der Waals surface area contributed by atoms with Crippen LogP contribution in [-0.4, -0.2) is 48.3 Å². The summed E-state index contributed by atoms with van der Waals surface area (Å²) in [5.41, 5.74) is 0. The van der Waals surface area contributed by atoms with Gasteiger partial charge in [-0.05, 0) is 37.0 Å². The van der Waals surface area contributed by atoms with Crippen LogP contribution in [0.15, 0.2) is 0 Å². The third kappa shape index (κ3) is 2.28. The van der Waals surface area contributed by atoms with Crippen LogP contribution < -0.4 is 0 Å². The number of amides is 1. The Kier molecular flexibility index (Phi) is 3.57. The third-order valence-corrected chi connectivity index (χ3v) is 5.08. The van der Waals surface area contributed by atoms with Gasteiger partial charge in [-0.3, -0.25) is 4.79 Å². The van der Waals surface area contributed by atoms with Crippen LogP contribution in [0.25, 0.3) is 0 Å². The molecule has 4 atom stereocenters. The van der Waals surface area contributed by atoms with Gasteiger partial charge in [0.1, 0.15) is 0 Å². The molecule has 2 saturated carbocycles. The minimum absolute atomic E-state index is 0.0163. The van der Waals surface area contributed by atoms with E-state index in [0.29, 0.717) is 32.1 Å². The lowest BCUT2D eigenvalue weighted by atomic mass is 9.86. The normalized spacial score (nSPS) is 39.3. The van der Waals surface area contributed by atoms with E-state index >= 15 is 0 Å². The molecule has 1 N–H and O–H groups in total. The molecule has 3 rings (SSSR count). The standard InChI is InChI=1S/C14H23NO3/c16-8-13-9-18-4-3-15(13)14(17)7-12-6-10-1-2-11(12)5-10/h10-13,16H,1-9H2/t10-,11-,12-,13+/m0/s1. The van der Waals surface area contributed by atoms with Gasteiger partial charge in [-0.1, -0.05) is 6.42 Å². The Morgan fingerprint density at radius 1 is 1.33 bits per heavy atom. The van der Waals surface area contributed by atoms with Crippen LogP contribution in [0.3, 0.4) is 0 Å². The van der Waals surface area contributed by atoms with Crippen molar-refractivity contribution >= 4 is 5.91 Å². The largest absolute Gasteiger partial charge is 0.394 e.